The van der Waals surface area contributed by atoms with Gasteiger partial charge >= 0.3 is 0 Å². The molecule has 7 nitrogen and oxygen atoms in total. The minimum Gasteiger partial charge on any atom is -0.280 e. The molecule has 0 unspecified atom stereocenters. The summed E-state index contributed by atoms with van der Waals surface area (Å²) in [5, 5.41) is 0. The zero-order valence-corrected chi connectivity index (χ0v) is 18.0. The molecule has 11 heteroatoms. The smallest absolute Gasteiger partial charge is 0.261 e. The van der Waals surface area contributed by atoms with Crippen molar-refractivity contribution in [3.8, 4) is 0 Å². The van der Waals surface area contributed by atoms with E-state index in [1.807, 2.05) is 6.26 Å². The van der Waals surface area contributed by atoms with Gasteiger partial charge in [-0.1, -0.05) is 17.8 Å². The van der Waals surface area contributed by atoms with Crippen LogP contribution in [0.15, 0.2) is 56.6 Å². The van der Waals surface area contributed by atoms with E-state index >= 15 is 0 Å². The molecule has 1 saturated carbocycles. The number of rotatable bonds is 7. The fourth-order valence-corrected chi connectivity index (χ4v) is 6.61. The van der Waals surface area contributed by atoms with Crippen LogP contribution in [0.2, 0.25) is 0 Å². The fraction of sp³-hybridized carbons (Fsp3) is 0.235. The van der Waals surface area contributed by atoms with Gasteiger partial charge in [0.05, 0.1) is 25.7 Å². The van der Waals surface area contributed by atoms with E-state index in [1.54, 1.807) is 18.2 Å². The summed E-state index contributed by atoms with van der Waals surface area (Å²) in [6.07, 6.45) is 3.54. The number of thiazole rings is 1. The van der Waals surface area contributed by atoms with Crippen LogP contribution in [0, 0.1) is 0 Å². The molecule has 1 aliphatic carbocycles. The topological polar surface area (TPSA) is 105 Å². The Kier molecular flexibility index (Phi) is 5.12. The number of thioether (sulfide) groups is 1. The summed E-state index contributed by atoms with van der Waals surface area (Å²) in [6.45, 7) is 0. The second kappa shape index (κ2) is 7.30. The summed E-state index contributed by atoms with van der Waals surface area (Å²) in [5.74, 6) is 0. The molecule has 0 radical (unpaired) electrons. The number of fused-ring (bicyclic) bond motifs is 1. The molecule has 1 aromatic heterocycles. The summed E-state index contributed by atoms with van der Waals surface area (Å²) < 4.78 is 57.1. The minimum absolute atomic E-state index is 0.0549. The van der Waals surface area contributed by atoms with Gasteiger partial charge in [0.25, 0.3) is 10.0 Å². The summed E-state index contributed by atoms with van der Waals surface area (Å²) in [4.78, 5) is 4.25. The van der Waals surface area contributed by atoms with Crippen molar-refractivity contribution < 1.29 is 16.8 Å². The number of nitrogens with zero attached hydrogens (tertiary/aromatic N) is 1. The lowest BCUT2D eigenvalue weighted by atomic mass is 10.3. The highest BCUT2D eigenvalue weighted by atomic mass is 32.2. The molecule has 0 atom stereocenters. The first-order valence-corrected chi connectivity index (χ1v) is 13.4. The number of hydrogen-bond acceptors (Lipinski definition) is 7. The Morgan fingerprint density at radius 3 is 2.43 bits per heavy atom. The highest BCUT2D eigenvalue weighted by Gasteiger charge is 2.28. The van der Waals surface area contributed by atoms with Crippen molar-refractivity contribution in [1.82, 2.24) is 9.71 Å². The molecular weight excluding hydrogens is 438 g/mol. The molecule has 0 spiro atoms. The van der Waals surface area contributed by atoms with Crippen molar-refractivity contribution in [1.29, 1.82) is 0 Å². The number of hydrogen-bond donors (Lipinski definition) is 2. The molecule has 2 aromatic carbocycles. The van der Waals surface area contributed by atoms with E-state index in [0.717, 1.165) is 27.4 Å². The van der Waals surface area contributed by atoms with Crippen LogP contribution in [0.3, 0.4) is 0 Å². The summed E-state index contributed by atoms with van der Waals surface area (Å²) in [5.41, 5.74) is 1.20. The molecular formula is C17H17N3O4S4. The average molecular weight is 456 g/mol. The predicted molar refractivity (Wildman–Crippen MR) is 112 cm³/mol. The number of nitrogens with one attached hydrogen (secondary N) is 2. The maximum Gasteiger partial charge on any atom is 0.261 e. The molecule has 0 bridgehead atoms. The van der Waals surface area contributed by atoms with Crippen LogP contribution in [0.25, 0.3) is 10.2 Å². The predicted octanol–water partition coefficient (Wildman–Crippen LogP) is 3.26. The fourth-order valence-electron chi connectivity index (χ4n) is 2.57. The van der Waals surface area contributed by atoms with Crippen molar-refractivity contribution >= 4 is 59.0 Å². The molecule has 1 heterocycles. The van der Waals surface area contributed by atoms with Gasteiger partial charge in [-0.15, -0.1) is 11.3 Å². The lowest BCUT2D eigenvalue weighted by Gasteiger charge is -2.10. The summed E-state index contributed by atoms with van der Waals surface area (Å²) in [7, 11) is -7.67. The van der Waals surface area contributed by atoms with Gasteiger partial charge in [-0.2, -0.15) is 0 Å². The molecule has 1 fully saturated rings. The highest BCUT2D eigenvalue weighted by Crippen LogP contribution is 2.31. The second-order valence-corrected chi connectivity index (χ2v) is 11.8. The zero-order valence-electron chi connectivity index (χ0n) is 14.7. The van der Waals surface area contributed by atoms with Gasteiger partial charge < -0.3 is 0 Å². The van der Waals surface area contributed by atoms with Crippen molar-refractivity contribution in [2.24, 2.45) is 0 Å². The van der Waals surface area contributed by atoms with E-state index in [4.69, 9.17) is 0 Å². The van der Waals surface area contributed by atoms with Crippen molar-refractivity contribution in [3.63, 3.8) is 0 Å². The Hall–Kier alpha value is -1.66. The van der Waals surface area contributed by atoms with Gasteiger partial charge in [0.1, 0.15) is 0 Å². The van der Waals surface area contributed by atoms with Gasteiger partial charge in [-0.05, 0) is 55.5 Å². The van der Waals surface area contributed by atoms with Gasteiger partial charge in [-0.25, -0.2) is 26.5 Å². The first-order valence-electron chi connectivity index (χ1n) is 8.37. The second-order valence-electron chi connectivity index (χ2n) is 6.34. The van der Waals surface area contributed by atoms with E-state index < -0.39 is 20.0 Å². The summed E-state index contributed by atoms with van der Waals surface area (Å²) in [6, 6.07) is 10.4. The normalized spacial score (nSPS) is 15.0. The van der Waals surface area contributed by atoms with E-state index in [1.165, 1.54) is 47.4 Å². The highest BCUT2D eigenvalue weighted by molar-refractivity contribution is 8.00. The van der Waals surface area contributed by atoms with Crippen LogP contribution in [-0.4, -0.2) is 34.1 Å². The van der Waals surface area contributed by atoms with Crippen molar-refractivity contribution in [2.45, 2.75) is 33.0 Å². The number of sulfonamides is 2. The Morgan fingerprint density at radius 2 is 1.75 bits per heavy atom. The first-order chi connectivity index (χ1) is 13.3. The van der Waals surface area contributed by atoms with Crippen LogP contribution in [0.1, 0.15) is 12.8 Å². The molecule has 1 aliphatic rings. The van der Waals surface area contributed by atoms with Crippen LogP contribution < -0.4 is 9.44 Å². The van der Waals surface area contributed by atoms with Gasteiger partial charge in [0, 0.05) is 6.04 Å². The Morgan fingerprint density at radius 1 is 1.04 bits per heavy atom. The van der Waals surface area contributed by atoms with E-state index in [0.29, 0.717) is 5.69 Å². The lowest BCUT2D eigenvalue weighted by Crippen LogP contribution is -2.26. The van der Waals surface area contributed by atoms with Gasteiger partial charge in [-0.3, -0.25) is 4.72 Å². The molecule has 0 amide bonds. The molecule has 28 heavy (non-hydrogen) atoms. The number of aromatic nitrogens is 1. The average Bonchev–Trinajstić information content (AvgIpc) is 3.36. The first kappa shape index (κ1) is 19.6. The maximum atomic E-state index is 12.8. The van der Waals surface area contributed by atoms with E-state index in [-0.39, 0.29) is 15.8 Å². The molecule has 148 valence electrons. The Labute approximate surface area is 171 Å². The third kappa shape index (κ3) is 4.18. The van der Waals surface area contributed by atoms with Gasteiger partial charge in [0.2, 0.25) is 10.0 Å². The molecule has 2 N–H and O–H groups in total. The van der Waals surface area contributed by atoms with Crippen LogP contribution in [0.5, 0.6) is 0 Å². The van der Waals surface area contributed by atoms with Crippen LogP contribution in [0.4, 0.5) is 5.69 Å². The summed E-state index contributed by atoms with van der Waals surface area (Å²) >= 11 is 3.01. The largest absolute Gasteiger partial charge is 0.280 e. The SMILES string of the molecule is CSc1nc2ccc(NS(=O)(=O)c3cccc(S(=O)(=O)NC4CC4)c3)cc2s1. The third-order valence-corrected chi connectivity index (χ3v) is 9.02. The Bertz CT molecular complexity index is 1250. The maximum absolute atomic E-state index is 12.8. The van der Waals surface area contributed by atoms with Crippen LogP contribution >= 0.6 is 23.1 Å². The standard InChI is InChI=1S/C17H17N3O4S4/c1-25-17-18-15-8-7-12(9-16(15)26-17)20-28(23,24)14-4-2-3-13(10-14)27(21,22)19-11-5-6-11/h2-4,7-11,19-20H,5-6H2,1H3. The van der Waals surface area contributed by atoms with Crippen LogP contribution in [-0.2, 0) is 20.0 Å². The van der Waals surface area contributed by atoms with E-state index in [9.17, 15) is 16.8 Å². The quantitative estimate of drug-likeness (QED) is 0.530. The minimum atomic E-state index is -3.94. The van der Waals surface area contributed by atoms with E-state index in [2.05, 4.69) is 14.4 Å². The molecule has 0 saturated heterocycles. The van der Waals surface area contributed by atoms with Gasteiger partial charge in [0.15, 0.2) is 4.34 Å². The molecule has 3 aromatic rings. The Balaban J connectivity index is 1.62. The van der Waals surface area contributed by atoms with Crippen molar-refractivity contribution in [3.05, 3.63) is 42.5 Å². The zero-order chi connectivity index (χ0) is 19.9. The number of benzene rings is 2. The number of anilines is 1. The molecule has 4 rings (SSSR count). The molecule has 0 aliphatic heterocycles. The third-order valence-electron chi connectivity index (χ3n) is 4.12. The lowest BCUT2D eigenvalue weighted by molar-refractivity contribution is 0.580. The monoisotopic (exact) mass is 455 g/mol. The van der Waals surface area contributed by atoms with Crippen molar-refractivity contribution in [2.75, 3.05) is 11.0 Å².